The van der Waals surface area contributed by atoms with E-state index in [4.69, 9.17) is 0 Å². The molecule has 0 aliphatic rings. The van der Waals surface area contributed by atoms with Gasteiger partial charge in [0.25, 0.3) is 0 Å². The largest absolute Gasteiger partial charge is 0.385 e. The number of hydrogen-bond acceptors (Lipinski definition) is 4. The third-order valence-electron chi connectivity index (χ3n) is 4.53. The molecule has 0 saturated heterocycles. The van der Waals surface area contributed by atoms with Crippen molar-refractivity contribution >= 4 is 23.3 Å². The molecular weight excluding hydrogens is 344 g/mol. The highest BCUT2D eigenvalue weighted by Gasteiger charge is 2.08. The predicted octanol–water partition coefficient (Wildman–Crippen LogP) is 5.80. The molecule has 28 heavy (non-hydrogen) atoms. The molecule has 0 fully saturated rings. The molecule has 0 spiro atoms. The van der Waals surface area contributed by atoms with Gasteiger partial charge in [0, 0.05) is 41.9 Å². The minimum Gasteiger partial charge on any atom is -0.385 e. The molecule has 0 bridgehead atoms. The third-order valence-corrected chi connectivity index (χ3v) is 4.53. The highest BCUT2D eigenvalue weighted by Crippen LogP contribution is 2.33. The second kappa shape index (κ2) is 10.2. The van der Waals surface area contributed by atoms with Crippen LogP contribution in [-0.2, 0) is 0 Å². The zero-order valence-electron chi connectivity index (χ0n) is 16.6. The normalized spacial score (nSPS) is 10.8. The zero-order chi connectivity index (χ0) is 19.6. The molecule has 0 aliphatic carbocycles. The van der Waals surface area contributed by atoms with E-state index in [0.717, 1.165) is 36.6 Å². The summed E-state index contributed by atoms with van der Waals surface area (Å²) in [4.78, 5) is 0. The molecule has 0 aliphatic heterocycles. The van der Waals surface area contributed by atoms with Gasteiger partial charge < -0.3 is 16.1 Å². The first kappa shape index (κ1) is 19.5. The molecule has 0 amide bonds. The molecule has 3 N–H and O–H groups in total. The van der Waals surface area contributed by atoms with Crippen molar-refractivity contribution < 1.29 is 0 Å². The van der Waals surface area contributed by atoms with E-state index in [1.807, 2.05) is 13.0 Å². The Morgan fingerprint density at radius 1 is 0.857 bits per heavy atom. The number of anilines is 3. The Labute approximate surface area is 167 Å². The minimum atomic E-state index is 0.857. The van der Waals surface area contributed by atoms with Crippen LogP contribution in [0.3, 0.4) is 0 Å². The van der Waals surface area contributed by atoms with E-state index in [0.29, 0.717) is 0 Å². The Kier molecular flexibility index (Phi) is 7.08. The summed E-state index contributed by atoms with van der Waals surface area (Å²) >= 11 is 0. The lowest BCUT2D eigenvalue weighted by molar-refractivity contribution is 0.702. The van der Waals surface area contributed by atoms with E-state index >= 15 is 0 Å². The zero-order valence-corrected chi connectivity index (χ0v) is 16.6. The van der Waals surface area contributed by atoms with Crippen molar-refractivity contribution in [3.05, 3.63) is 78.4 Å². The van der Waals surface area contributed by atoms with Crippen LogP contribution in [0.1, 0.15) is 18.9 Å². The summed E-state index contributed by atoms with van der Waals surface area (Å²) in [6.07, 6.45) is 2.76. The molecule has 0 unspecified atom stereocenters. The maximum Gasteiger partial charge on any atom is 0.0465 e. The summed E-state index contributed by atoms with van der Waals surface area (Å²) in [6.45, 7) is 5.78. The lowest BCUT2D eigenvalue weighted by Gasteiger charge is -2.16. The number of nitrogens with zero attached hydrogens (tertiary/aromatic N) is 1. The van der Waals surface area contributed by atoms with Crippen molar-refractivity contribution in [3.8, 4) is 11.1 Å². The van der Waals surface area contributed by atoms with Crippen molar-refractivity contribution in [3.63, 3.8) is 0 Å². The standard InChI is InChI=1S/C24H28N4/c1-3-26-27-17-9-16-25-21-14-15-24(28-23-13-8-7-10-19(23)2)22(18-21)20-11-5-4-6-12-20/h3-8,10-15,18,25,27-28H,9,16-17H2,1-2H3/b26-3-. The fraction of sp³-hybridized carbons (Fsp3) is 0.208. The van der Waals surface area contributed by atoms with Gasteiger partial charge in [-0.2, -0.15) is 5.10 Å². The molecule has 144 valence electrons. The molecular formula is C24H28N4. The molecule has 0 saturated carbocycles. The molecule has 0 aromatic heterocycles. The van der Waals surface area contributed by atoms with Crippen LogP contribution in [0.5, 0.6) is 0 Å². The summed E-state index contributed by atoms with van der Waals surface area (Å²) in [5.74, 6) is 0. The third kappa shape index (κ3) is 5.36. The Bertz CT molecular complexity index is 903. The number of para-hydroxylation sites is 1. The number of aryl methyl sites for hydroxylation is 1. The van der Waals surface area contributed by atoms with Gasteiger partial charge >= 0.3 is 0 Å². The molecule has 0 heterocycles. The summed E-state index contributed by atoms with van der Waals surface area (Å²) in [7, 11) is 0. The Morgan fingerprint density at radius 3 is 2.43 bits per heavy atom. The fourth-order valence-corrected chi connectivity index (χ4v) is 3.03. The average Bonchev–Trinajstić information content (AvgIpc) is 2.74. The van der Waals surface area contributed by atoms with E-state index in [9.17, 15) is 0 Å². The van der Waals surface area contributed by atoms with Crippen LogP contribution in [0.25, 0.3) is 11.1 Å². The van der Waals surface area contributed by atoms with Gasteiger partial charge in [0.2, 0.25) is 0 Å². The minimum absolute atomic E-state index is 0.857. The summed E-state index contributed by atoms with van der Waals surface area (Å²) in [5, 5.41) is 11.1. The lowest BCUT2D eigenvalue weighted by atomic mass is 10.0. The second-order valence-electron chi connectivity index (χ2n) is 6.64. The highest BCUT2D eigenvalue weighted by atomic mass is 15.3. The Balaban J connectivity index is 1.79. The SMILES string of the molecule is C/C=N\NCCCNc1ccc(Nc2ccccc2C)c(-c2ccccc2)c1. The van der Waals surface area contributed by atoms with Crippen LogP contribution in [0.2, 0.25) is 0 Å². The van der Waals surface area contributed by atoms with Gasteiger partial charge in [0.05, 0.1) is 0 Å². The number of hydrazone groups is 1. The van der Waals surface area contributed by atoms with Gasteiger partial charge in [0.1, 0.15) is 0 Å². The number of nitrogens with one attached hydrogen (secondary N) is 3. The summed E-state index contributed by atoms with van der Waals surface area (Å²) < 4.78 is 0. The van der Waals surface area contributed by atoms with Crippen molar-refractivity contribution in [2.45, 2.75) is 20.3 Å². The quantitative estimate of drug-likeness (QED) is 0.253. The van der Waals surface area contributed by atoms with Gasteiger partial charge in [-0.3, -0.25) is 0 Å². The van der Waals surface area contributed by atoms with Crippen LogP contribution in [0, 0.1) is 6.92 Å². The van der Waals surface area contributed by atoms with E-state index in [2.05, 4.69) is 94.8 Å². The summed E-state index contributed by atoms with van der Waals surface area (Å²) in [6, 6.07) is 25.3. The number of rotatable bonds is 9. The maximum absolute atomic E-state index is 4.02. The molecule has 0 atom stereocenters. The molecule has 3 aromatic rings. The van der Waals surface area contributed by atoms with Crippen molar-refractivity contribution in [1.29, 1.82) is 0 Å². The predicted molar refractivity (Wildman–Crippen MR) is 122 cm³/mol. The van der Waals surface area contributed by atoms with E-state index in [-0.39, 0.29) is 0 Å². The van der Waals surface area contributed by atoms with Crippen molar-refractivity contribution in [1.82, 2.24) is 5.43 Å². The topological polar surface area (TPSA) is 48.5 Å². The summed E-state index contributed by atoms with van der Waals surface area (Å²) in [5.41, 5.74) is 9.97. The van der Waals surface area contributed by atoms with E-state index in [1.54, 1.807) is 6.21 Å². The molecule has 3 aromatic carbocycles. The Morgan fingerprint density at radius 2 is 1.64 bits per heavy atom. The monoisotopic (exact) mass is 372 g/mol. The second-order valence-corrected chi connectivity index (χ2v) is 6.64. The first-order valence-corrected chi connectivity index (χ1v) is 9.74. The van der Waals surface area contributed by atoms with E-state index < -0.39 is 0 Å². The number of benzene rings is 3. The molecule has 0 radical (unpaired) electrons. The molecule has 4 heteroatoms. The first-order valence-electron chi connectivity index (χ1n) is 9.74. The average molecular weight is 373 g/mol. The van der Waals surface area contributed by atoms with Gasteiger partial charge in [0.15, 0.2) is 0 Å². The van der Waals surface area contributed by atoms with Crippen LogP contribution in [0.15, 0.2) is 77.9 Å². The van der Waals surface area contributed by atoms with Crippen molar-refractivity contribution in [2.24, 2.45) is 5.10 Å². The smallest absolute Gasteiger partial charge is 0.0465 e. The fourth-order valence-electron chi connectivity index (χ4n) is 3.03. The van der Waals surface area contributed by atoms with Crippen LogP contribution in [-0.4, -0.2) is 19.3 Å². The number of hydrogen-bond donors (Lipinski definition) is 3. The van der Waals surface area contributed by atoms with Crippen LogP contribution in [0.4, 0.5) is 17.1 Å². The molecule has 3 rings (SSSR count). The van der Waals surface area contributed by atoms with Gasteiger partial charge in [-0.05, 0) is 55.7 Å². The Hall–Kier alpha value is -3.27. The first-order chi connectivity index (χ1) is 13.8. The molecule has 4 nitrogen and oxygen atoms in total. The van der Waals surface area contributed by atoms with E-state index in [1.165, 1.54) is 16.7 Å². The van der Waals surface area contributed by atoms with Crippen LogP contribution >= 0.6 is 0 Å². The highest BCUT2D eigenvalue weighted by molar-refractivity contribution is 5.84. The maximum atomic E-state index is 4.02. The van der Waals surface area contributed by atoms with Crippen LogP contribution < -0.4 is 16.1 Å². The van der Waals surface area contributed by atoms with Gasteiger partial charge in [-0.1, -0.05) is 48.5 Å². The lowest BCUT2D eigenvalue weighted by Crippen LogP contribution is -2.12. The van der Waals surface area contributed by atoms with Crippen molar-refractivity contribution in [2.75, 3.05) is 23.7 Å². The van der Waals surface area contributed by atoms with Gasteiger partial charge in [-0.25, -0.2) is 0 Å². The van der Waals surface area contributed by atoms with Gasteiger partial charge in [-0.15, -0.1) is 0 Å².